The Labute approximate surface area is 92.9 Å². The van der Waals surface area contributed by atoms with Crippen molar-refractivity contribution < 1.29 is 18.3 Å². The van der Waals surface area contributed by atoms with Gasteiger partial charge in [0.2, 0.25) is 0 Å². The van der Waals surface area contributed by atoms with Gasteiger partial charge in [-0.25, -0.2) is 13.6 Å². The minimum absolute atomic E-state index is 0.416. The Morgan fingerprint density at radius 1 is 1.50 bits per heavy atom. The maximum absolute atomic E-state index is 13.4. The van der Waals surface area contributed by atoms with Crippen LogP contribution in [0.2, 0.25) is 0 Å². The molecule has 0 unspecified atom stereocenters. The van der Waals surface area contributed by atoms with E-state index in [2.05, 4.69) is 5.32 Å². The number of amides is 1. The Morgan fingerprint density at radius 3 is 2.50 bits per heavy atom. The lowest BCUT2D eigenvalue weighted by molar-refractivity contribution is -0.0237. The molecule has 6 heteroatoms. The van der Waals surface area contributed by atoms with Gasteiger partial charge < -0.3 is 10.1 Å². The van der Waals surface area contributed by atoms with Crippen molar-refractivity contribution in [3.05, 3.63) is 0 Å². The molecule has 4 nitrogen and oxygen atoms in total. The fraction of sp³-hybridized carbons (Fsp3) is 0.900. The second-order valence-corrected chi connectivity index (χ2v) is 5.32. The van der Waals surface area contributed by atoms with Crippen LogP contribution in [0.4, 0.5) is 13.6 Å². The van der Waals surface area contributed by atoms with Crippen LogP contribution in [0.3, 0.4) is 0 Å². The maximum atomic E-state index is 13.4. The largest absolute Gasteiger partial charge is 0.444 e. The molecule has 0 bridgehead atoms. The second-order valence-electron chi connectivity index (χ2n) is 5.32. The Morgan fingerprint density at radius 2 is 2.12 bits per heavy atom. The van der Waals surface area contributed by atoms with Crippen LogP contribution in [0, 0.1) is 0 Å². The van der Waals surface area contributed by atoms with E-state index in [9.17, 15) is 13.6 Å². The predicted molar refractivity (Wildman–Crippen MR) is 53.5 cm³/mol. The Hall–Kier alpha value is -0.910. The fourth-order valence-electron chi connectivity index (χ4n) is 2.03. The van der Waals surface area contributed by atoms with E-state index in [-0.39, 0.29) is 0 Å². The van der Waals surface area contributed by atoms with Crippen LogP contribution >= 0.6 is 0 Å². The van der Waals surface area contributed by atoms with Gasteiger partial charge in [0, 0.05) is 6.54 Å². The minimum Gasteiger partial charge on any atom is -0.444 e. The van der Waals surface area contributed by atoms with Crippen LogP contribution < -0.4 is 5.32 Å². The molecular weight excluding hydrogens is 218 g/mol. The van der Waals surface area contributed by atoms with Gasteiger partial charge in [-0.15, -0.1) is 0 Å². The maximum Gasteiger partial charge on any atom is 0.410 e. The van der Waals surface area contributed by atoms with Crippen molar-refractivity contribution in [1.29, 1.82) is 0 Å². The number of likely N-dealkylation sites (tertiary alicyclic amines) is 1. The number of halogens is 2. The third-order valence-corrected chi connectivity index (χ3v) is 2.80. The second kappa shape index (κ2) is 3.29. The number of hydrogen-bond acceptors (Lipinski definition) is 3. The van der Waals surface area contributed by atoms with E-state index in [4.69, 9.17) is 4.74 Å². The number of nitrogens with one attached hydrogen (secondary N) is 1. The monoisotopic (exact) mass is 234 g/mol. The lowest BCUT2D eigenvalue weighted by atomic mass is 9.99. The van der Waals surface area contributed by atoms with Crippen LogP contribution in [0.15, 0.2) is 0 Å². The van der Waals surface area contributed by atoms with Crippen LogP contribution in [-0.4, -0.2) is 47.7 Å². The summed E-state index contributed by atoms with van der Waals surface area (Å²) in [4.78, 5) is 12.8. The molecule has 1 N–H and O–H groups in total. The molecule has 2 aliphatic rings. The molecular formula is C10H16F2N2O2. The highest BCUT2D eigenvalue weighted by Gasteiger charge is 2.60. The van der Waals surface area contributed by atoms with Gasteiger partial charge >= 0.3 is 6.09 Å². The zero-order valence-corrected chi connectivity index (χ0v) is 9.59. The first kappa shape index (κ1) is 11.6. The fourth-order valence-corrected chi connectivity index (χ4v) is 2.03. The van der Waals surface area contributed by atoms with Crippen molar-refractivity contribution in [2.75, 3.05) is 13.1 Å². The summed E-state index contributed by atoms with van der Waals surface area (Å²) in [6, 6.07) is -1.33. The number of alkyl halides is 2. The summed E-state index contributed by atoms with van der Waals surface area (Å²) in [5, 5.41) is 2.65. The average molecular weight is 234 g/mol. The molecule has 0 saturated carbocycles. The van der Waals surface area contributed by atoms with Crippen molar-refractivity contribution in [3.8, 4) is 0 Å². The number of fused-ring (bicyclic) bond motifs is 1. The highest BCUT2D eigenvalue weighted by molar-refractivity contribution is 5.70. The summed E-state index contributed by atoms with van der Waals surface area (Å²) < 4.78 is 31.8. The van der Waals surface area contributed by atoms with Crippen molar-refractivity contribution in [1.82, 2.24) is 10.2 Å². The SMILES string of the molecule is CC(C)(C)OC(=O)N1CC(F)(F)[C@@H]2NC[C@@H]21. The van der Waals surface area contributed by atoms with Crippen molar-refractivity contribution in [2.24, 2.45) is 0 Å². The van der Waals surface area contributed by atoms with Gasteiger partial charge in [0.15, 0.2) is 0 Å². The van der Waals surface area contributed by atoms with E-state index in [0.717, 1.165) is 4.90 Å². The smallest absolute Gasteiger partial charge is 0.410 e. The topological polar surface area (TPSA) is 41.6 Å². The summed E-state index contributed by atoms with van der Waals surface area (Å²) in [5.41, 5.74) is -0.651. The molecule has 1 amide bonds. The molecule has 16 heavy (non-hydrogen) atoms. The molecule has 0 aromatic rings. The van der Waals surface area contributed by atoms with Gasteiger partial charge in [-0.3, -0.25) is 4.90 Å². The Kier molecular flexibility index (Phi) is 2.38. The summed E-state index contributed by atoms with van der Waals surface area (Å²) in [7, 11) is 0. The lowest BCUT2D eigenvalue weighted by Gasteiger charge is -2.37. The molecule has 2 fully saturated rings. The molecule has 0 aromatic carbocycles. The number of carbonyl (C=O) groups is 1. The molecule has 2 rings (SSSR count). The van der Waals surface area contributed by atoms with E-state index in [1.54, 1.807) is 20.8 Å². The van der Waals surface area contributed by atoms with Crippen LogP contribution in [-0.2, 0) is 4.74 Å². The van der Waals surface area contributed by atoms with Crippen molar-refractivity contribution in [2.45, 2.75) is 44.4 Å². The first-order chi connectivity index (χ1) is 7.21. The Balaban J connectivity index is 2.04. The summed E-state index contributed by atoms with van der Waals surface area (Å²) in [6.07, 6.45) is -0.652. The molecule has 0 spiro atoms. The van der Waals surface area contributed by atoms with E-state index >= 15 is 0 Å². The van der Waals surface area contributed by atoms with E-state index in [1.165, 1.54) is 0 Å². The van der Waals surface area contributed by atoms with E-state index in [1.807, 2.05) is 0 Å². The Bertz CT molecular complexity index is 314. The summed E-state index contributed by atoms with van der Waals surface area (Å²) in [5.74, 6) is -2.85. The van der Waals surface area contributed by atoms with Gasteiger partial charge in [0.05, 0.1) is 18.6 Å². The molecule has 92 valence electrons. The van der Waals surface area contributed by atoms with Crippen LogP contribution in [0.25, 0.3) is 0 Å². The van der Waals surface area contributed by atoms with Gasteiger partial charge in [-0.2, -0.15) is 0 Å². The third-order valence-electron chi connectivity index (χ3n) is 2.80. The lowest BCUT2D eigenvalue weighted by Crippen LogP contribution is -2.64. The predicted octanol–water partition coefficient (Wildman–Crippen LogP) is 1.21. The number of nitrogens with zero attached hydrogens (tertiary/aromatic N) is 1. The standard InChI is InChI=1S/C10H16F2N2O2/c1-9(2,3)16-8(15)14-5-10(11,12)7-6(14)4-13-7/h6-7,13H,4-5H2,1-3H3/t6-,7+/m0/s1. The third kappa shape index (κ3) is 1.86. The number of ether oxygens (including phenoxy) is 1. The normalized spacial score (nSPS) is 31.9. The molecule has 0 aromatic heterocycles. The highest BCUT2D eigenvalue weighted by Crippen LogP contribution is 2.37. The van der Waals surface area contributed by atoms with Crippen molar-refractivity contribution in [3.63, 3.8) is 0 Å². The number of rotatable bonds is 0. The molecule has 0 aliphatic carbocycles. The number of carbonyl (C=O) groups excluding carboxylic acids is 1. The molecule has 2 saturated heterocycles. The van der Waals surface area contributed by atoms with E-state index in [0.29, 0.717) is 6.54 Å². The first-order valence-corrected chi connectivity index (χ1v) is 5.31. The number of hydrogen-bond donors (Lipinski definition) is 1. The van der Waals surface area contributed by atoms with Crippen molar-refractivity contribution >= 4 is 6.09 Å². The zero-order chi connectivity index (χ0) is 12.1. The van der Waals surface area contributed by atoms with Gasteiger partial charge in [0.1, 0.15) is 5.60 Å². The average Bonchev–Trinajstić information content (AvgIpc) is 2.11. The quantitative estimate of drug-likeness (QED) is 0.685. The molecule has 2 heterocycles. The van der Waals surface area contributed by atoms with Crippen LogP contribution in [0.5, 0.6) is 0 Å². The summed E-state index contributed by atoms with van der Waals surface area (Å²) >= 11 is 0. The minimum atomic E-state index is -2.85. The molecule has 0 radical (unpaired) electrons. The zero-order valence-electron chi connectivity index (χ0n) is 9.59. The van der Waals surface area contributed by atoms with Gasteiger partial charge in [-0.1, -0.05) is 0 Å². The molecule has 2 aliphatic heterocycles. The van der Waals surface area contributed by atoms with Gasteiger partial charge in [0.25, 0.3) is 5.92 Å². The van der Waals surface area contributed by atoms with E-state index < -0.39 is 36.2 Å². The van der Waals surface area contributed by atoms with Crippen LogP contribution in [0.1, 0.15) is 20.8 Å². The molecule has 2 atom stereocenters. The summed E-state index contributed by atoms with van der Waals surface area (Å²) in [6.45, 7) is 5.02. The first-order valence-electron chi connectivity index (χ1n) is 5.31. The highest BCUT2D eigenvalue weighted by atomic mass is 19.3. The van der Waals surface area contributed by atoms with Gasteiger partial charge in [-0.05, 0) is 20.8 Å².